The van der Waals surface area contributed by atoms with Crippen molar-refractivity contribution < 1.29 is 22.7 Å². The predicted octanol–water partition coefficient (Wildman–Crippen LogP) is 4.04. The first-order chi connectivity index (χ1) is 19.2. The number of benzene rings is 3. The molecule has 0 aromatic heterocycles. The maximum atomic E-state index is 13.4. The lowest BCUT2D eigenvalue weighted by Crippen LogP contribution is -2.39. The number of hydrogen-bond donors (Lipinski definition) is 1. The first kappa shape index (κ1) is 28.8. The third kappa shape index (κ3) is 7.47. The van der Waals surface area contributed by atoms with Crippen LogP contribution in [-0.4, -0.2) is 57.6 Å². The molecule has 1 fully saturated rings. The number of ether oxygens (including phenoxy) is 1. The van der Waals surface area contributed by atoms with Crippen LogP contribution in [0.25, 0.3) is 0 Å². The van der Waals surface area contributed by atoms with Gasteiger partial charge in [0.25, 0.3) is 21.8 Å². The number of carbonyl (C=O) groups is 2. The molecule has 0 saturated carbocycles. The number of nitrogens with zero attached hydrogens (tertiary/aromatic N) is 3. The zero-order valence-corrected chi connectivity index (χ0v) is 23.6. The maximum Gasteiger partial charge on any atom is 0.264 e. The fourth-order valence-corrected chi connectivity index (χ4v) is 5.72. The number of likely N-dealkylation sites (tertiary alicyclic amines) is 1. The number of aryl methyl sites for hydroxylation is 2. The summed E-state index contributed by atoms with van der Waals surface area (Å²) < 4.78 is 33.6. The normalized spacial score (nSPS) is 13.7. The van der Waals surface area contributed by atoms with Crippen LogP contribution < -0.4 is 14.5 Å². The number of carbonyl (C=O) groups excluding carboxylic acids is 2. The number of rotatable bonds is 10. The van der Waals surface area contributed by atoms with Gasteiger partial charge in [-0.1, -0.05) is 24.3 Å². The minimum Gasteiger partial charge on any atom is -0.484 e. The lowest BCUT2D eigenvalue weighted by molar-refractivity contribution is -0.134. The second kappa shape index (κ2) is 13.3. The van der Waals surface area contributed by atoms with Crippen LogP contribution >= 0.6 is 0 Å². The third-order valence-corrected chi connectivity index (χ3v) is 8.54. The number of sulfonamides is 1. The van der Waals surface area contributed by atoms with Crippen LogP contribution in [0, 0.1) is 13.8 Å². The number of hydrazone groups is 1. The van der Waals surface area contributed by atoms with Crippen LogP contribution in [0.2, 0.25) is 0 Å². The molecule has 210 valence electrons. The molecule has 4 rings (SSSR count). The summed E-state index contributed by atoms with van der Waals surface area (Å²) in [6.45, 7) is 4.93. The Morgan fingerprint density at radius 1 is 0.950 bits per heavy atom. The zero-order valence-electron chi connectivity index (χ0n) is 22.7. The van der Waals surface area contributed by atoms with Crippen molar-refractivity contribution in [2.24, 2.45) is 5.10 Å². The van der Waals surface area contributed by atoms with Crippen molar-refractivity contribution in [2.75, 3.05) is 30.5 Å². The molecule has 0 unspecified atom stereocenters. The molecule has 40 heavy (non-hydrogen) atoms. The van der Waals surface area contributed by atoms with Crippen LogP contribution in [0.3, 0.4) is 0 Å². The van der Waals surface area contributed by atoms with Crippen molar-refractivity contribution in [2.45, 2.75) is 38.0 Å². The Balaban J connectivity index is 1.37. The first-order valence-electron chi connectivity index (χ1n) is 13.2. The Labute approximate surface area is 235 Å². The van der Waals surface area contributed by atoms with Gasteiger partial charge in [-0.2, -0.15) is 5.10 Å². The lowest BCUT2D eigenvalue weighted by atomic mass is 10.1. The van der Waals surface area contributed by atoms with Gasteiger partial charge in [0, 0.05) is 13.1 Å². The summed E-state index contributed by atoms with van der Waals surface area (Å²) in [7, 11) is -4.00. The van der Waals surface area contributed by atoms with E-state index in [9.17, 15) is 18.0 Å². The van der Waals surface area contributed by atoms with E-state index in [0.717, 1.165) is 47.8 Å². The Morgan fingerprint density at radius 3 is 2.33 bits per heavy atom. The van der Waals surface area contributed by atoms with E-state index in [2.05, 4.69) is 10.5 Å². The molecule has 0 bridgehead atoms. The van der Waals surface area contributed by atoms with Crippen LogP contribution in [0.1, 0.15) is 36.0 Å². The van der Waals surface area contributed by atoms with Gasteiger partial charge in [-0.3, -0.25) is 13.9 Å². The van der Waals surface area contributed by atoms with Gasteiger partial charge < -0.3 is 9.64 Å². The minimum atomic E-state index is -4.00. The van der Waals surface area contributed by atoms with E-state index in [1.54, 1.807) is 54.6 Å². The Morgan fingerprint density at radius 2 is 1.65 bits per heavy atom. The molecule has 0 atom stereocenters. The zero-order chi connectivity index (χ0) is 28.5. The predicted molar refractivity (Wildman–Crippen MR) is 155 cm³/mol. The van der Waals surface area contributed by atoms with Crippen LogP contribution in [0.4, 0.5) is 5.69 Å². The highest BCUT2D eigenvalue weighted by Crippen LogP contribution is 2.25. The summed E-state index contributed by atoms with van der Waals surface area (Å²) in [5, 5.41) is 3.99. The van der Waals surface area contributed by atoms with E-state index in [1.165, 1.54) is 18.3 Å². The summed E-state index contributed by atoms with van der Waals surface area (Å²) in [6.07, 6.45) is 4.67. The molecular formula is C30H34N4O5S. The van der Waals surface area contributed by atoms with Gasteiger partial charge in [0.05, 0.1) is 16.8 Å². The second-order valence-electron chi connectivity index (χ2n) is 9.69. The third-order valence-electron chi connectivity index (χ3n) is 6.75. The van der Waals surface area contributed by atoms with E-state index in [-0.39, 0.29) is 17.4 Å². The summed E-state index contributed by atoms with van der Waals surface area (Å²) >= 11 is 0. The molecule has 3 aromatic carbocycles. The van der Waals surface area contributed by atoms with Gasteiger partial charge in [0.1, 0.15) is 12.3 Å². The molecule has 1 saturated heterocycles. The molecule has 0 radical (unpaired) electrons. The fraction of sp³-hybridized carbons (Fsp3) is 0.300. The number of amides is 2. The van der Waals surface area contributed by atoms with Crippen molar-refractivity contribution >= 4 is 33.7 Å². The van der Waals surface area contributed by atoms with Gasteiger partial charge in [0.2, 0.25) is 0 Å². The van der Waals surface area contributed by atoms with Gasteiger partial charge in [-0.25, -0.2) is 13.8 Å². The second-order valence-corrected chi connectivity index (χ2v) is 11.5. The molecule has 9 nitrogen and oxygen atoms in total. The molecule has 1 aliphatic rings. The van der Waals surface area contributed by atoms with E-state index >= 15 is 0 Å². The van der Waals surface area contributed by atoms with Crippen LogP contribution in [0.15, 0.2) is 82.8 Å². The molecule has 1 heterocycles. The molecule has 3 aromatic rings. The fourth-order valence-electron chi connectivity index (χ4n) is 4.29. The average molecular weight is 563 g/mol. The van der Waals surface area contributed by atoms with Crippen molar-refractivity contribution in [3.8, 4) is 5.75 Å². The van der Waals surface area contributed by atoms with Crippen molar-refractivity contribution in [1.82, 2.24) is 10.3 Å². The van der Waals surface area contributed by atoms with Gasteiger partial charge in [-0.05, 0) is 98.3 Å². The summed E-state index contributed by atoms with van der Waals surface area (Å²) in [6, 6.07) is 20.2. The molecule has 0 spiro atoms. The monoisotopic (exact) mass is 562 g/mol. The highest BCUT2D eigenvalue weighted by Gasteiger charge is 2.27. The highest BCUT2D eigenvalue weighted by molar-refractivity contribution is 7.92. The average Bonchev–Trinajstić information content (AvgIpc) is 2.97. The van der Waals surface area contributed by atoms with Gasteiger partial charge >= 0.3 is 0 Å². The summed E-state index contributed by atoms with van der Waals surface area (Å²) in [5.41, 5.74) is 5.42. The van der Waals surface area contributed by atoms with E-state index in [1.807, 2.05) is 24.8 Å². The van der Waals surface area contributed by atoms with Crippen LogP contribution in [-0.2, 0) is 19.6 Å². The number of anilines is 1. The van der Waals surface area contributed by atoms with Crippen molar-refractivity contribution in [3.05, 3.63) is 89.5 Å². The number of nitrogens with one attached hydrogen (secondary N) is 1. The van der Waals surface area contributed by atoms with E-state index in [0.29, 0.717) is 17.0 Å². The Bertz CT molecular complexity index is 1450. The molecule has 1 aliphatic heterocycles. The quantitative estimate of drug-likeness (QED) is 0.296. The van der Waals surface area contributed by atoms with Gasteiger partial charge in [-0.15, -0.1) is 0 Å². The molecule has 2 amide bonds. The molecule has 10 heteroatoms. The highest BCUT2D eigenvalue weighted by atomic mass is 32.2. The van der Waals surface area contributed by atoms with E-state index < -0.39 is 22.5 Å². The van der Waals surface area contributed by atoms with Crippen molar-refractivity contribution in [1.29, 1.82) is 0 Å². The minimum absolute atomic E-state index is 0.00755. The smallest absolute Gasteiger partial charge is 0.264 e. The Kier molecular flexibility index (Phi) is 9.55. The SMILES string of the molecule is Cc1ccc(N(CC(=O)N/N=C\c2ccc(OCC(=O)N3CCCCC3)cc2)S(=O)(=O)c2ccccc2)cc1C. The molecular weight excluding hydrogens is 528 g/mol. The summed E-state index contributed by atoms with van der Waals surface area (Å²) in [5.74, 6) is -0.0518. The van der Waals surface area contributed by atoms with E-state index in [4.69, 9.17) is 4.74 Å². The molecule has 1 N–H and O–H groups in total. The maximum absolute atomic E-state index is 13.4. The first-order valence-corrected chi connectivity index (χ1v) is 14.7. The lowest BCUT2D eigenvalue weighted by Gasteiger charge is -2.26. The van der Waals surface area contributed by atoms with Crippen molar-refractivity contribution in [3.63, 3.8) is 0 Å². The topological polar surface area (TPSA) is 108 Å². The van der Waals surface area contributed by atoms with Crippen LogP contribution in [0.5, 0.6) is 5.75 Å². The standard InChI is InChI=1S/C30H34N4O5S/c1-23-11-14-26(19-24(23)2)34(40(37,38)28-9-5-3-6-10-28)21-29(35)32-31-20-25-12-15-27(16-13-25)39-22-30(36)33-17-7-4-8-18-33/h3,5-6,9-16,19-20H,4,7-8,17-18,21-22H2,1-2H3,(H,32,35)/b31-20-. The van der Waals surface area contributed by atoms with Gasteiger partial charge in [0.15, 0.2) is 6.61 Å². The Hall–Kier alpha value is -4.18. The number of piperidine rings is 1. The summed E-state index contributed by atoms with van der Waals surface area (Å²) in [4.78, 5) is 27.0. The number of hydrogen-bond acceptors (Lipinski definition) is 6. The largest absolute Gasteiger partial charge is 0.484 e. The molecule has 0 aliphatic carbocycles.